The first-order chi connectivity index (χ1) is 11.3. The molecule has 1 radical (unpaired) electrons. The van der Waals surface area contributed by atoms with E-state index < -0.39 is 0 Å². The molecule has 0 fully saturated rings. The molecule has 0 amide bonds. The summed E-state index contributed by atoms with van der Waals surface area (Å²) in [5.74, 6) is 0. The molecular formula is C8H8CoFe2N8NiO8. The number of nitriles is 8. The summed E-state index contributed by atoms with van der Waals surface area (Å²) in [7, 11) is 0. The van der Waals surface area contributed by atoms with Crippen molar-refractivity contribution in [3.8, 4) is 50.0 Å². The number of aliphatic hydroxyl groups excluding tert-OH is 8. The third kappa shape index (κ3) is 769. The van der Waals surface area contributed by atoms with E-state index in [9.17, 15) is 0 Å². The summed E-state index contributed by atoms with van der Waals surface area (Å²) in [6.07, 6.45) is 6.00. The minimum Gasteiger partial charge on any atom is -0.443 e. The van der Waals surface area contributed by atoms with Gasteiger partial charge in [-0.05, 0) is 0 Å². The Balaban J connectivity index is -0.0000000102. The van der Waals surface area contributed by atoms with Crippen molar-refractivity contribution in [1.82, 2.24) is 0 Å². The van der Waals surface area contributed by atoms with E-state index in [-0.39, 0.29) is 67.4 Å². The second kappa shape index (κ2) is 615. The van der Waals surface area contributed by atoms with E-state index in [0.717, 1.165) is 50.0 Å². The van der Waals surface area contributed by atoms with Crippen LogP contribution >= 0.6 is 0 Å². The van der Waals surface area contributed by atoms with Gasteiger partial charge in [0.25, 0.3) is 50.0 Å². The number of nitrogens with zero attached hydrogens (tertiary/aromatic N) is 8. The zero-order valence-corrected chi connectivity index (χ0v) is 16.7. The Hall–Kier alpha value is -3.64. The summed E-state index contributed by atoms with van der Waals surface area (Å²) < 4.78 is 0. The second-order valence-corrected chi connectivity index (χ2v) is 0.800. The van der Waals surface area contributed by atoms with Gasteiger partial charge in [-0.15, -0.1) is 0 Å². The Bertz CT molecular complexity index is 377. The summed E-state index contributed by atoms with van der Waals surface area (Å²) in [5.41, 5.74) is 0. The van der Waals surface area contributed by atoms with Gasteiger partial charge in [0.05, 0.1) is 0 Å². The largest absolute Gasteiger partial charge is 0.443 e. The third-order valence-electron chi connectivity index (χ3n) is 0. The first-order valence-corrected chi connectivity index (χ1v) is 3.58. The van der Waals surface area contributed by atoms with Crippen molar-refractivity contribution >= 4 is 0 Å². The fourth-order valence-corrected chi connectivity index (χ4v) is 0. The number of hydrogen-bond acceptors (Lipinski definition) is 16. The van der Waals surface area contributed by atoms with Crippen molar-refractivity contribution in [2.45, 2.75) is 0 Å². The molecule has 0 spiro atoms. The van der Waals surface area contributed by atoms with Gasteiger partial charge in [-0.25, -0.2) is 0 Å². The number of rotatable bonds is 0. The molecule has 0 atom stereocenters. The monoisotopic (exact) mass is 573 g/mol. The van der Waals surface area contributed by atoms with Crippen molar-refractivity contribution in [3.63, 3.8) is 0 Å². The van der Waals surface area contributed by atoms with Gasteiger partial charge in [0.1, 0.15) is 0 Å². The Kier molecular flexibility index (Phi) is 1910. The molecule has 0 aliphatic heterocycles. The van der Waals surface area contributed by atoms with Gasteiger partial charge in [0, 0.05) is 67.4 Å². The number of hydrogen-bond donors (Lipinski definition) is 8. The zero-order chi connectivity index (χ0) is 21.7. The van der Waals surface area contributed by atoms with Crippen LogP contribution in [0.5, 0.6) is 0 Å². The van der Waals surface area contributed by atoms with E-state index >= 15 is 0 Å². The standard InChI is InChI=1S/8CHNO.Co.2Fe.Ni/c8*2-1-3;;;;/h8*3H;;;;. The molecule has 0 aromatic heterocycles. The normalized spacial score (nSPS) is 2.00. The van der Waals surface area contributed by atoms with Crippen LogP contribution in [-0.4, -0.2) is 40.9 Å². The first kappa shape index (κ1) is 87.0. The van der Waals surface area contributed by atoms with E-state index in [4.69, 9.17) is 82.9 Å². The molecule has 0 aliphatic carbocycles. The average molecular weight is 574 g/mol. The molecule has 0 rings (SSSR count). The van der Waals surface area contributed by atoms with Crippen LogP contribution in [0.3, 0.4) is 0 Å². The fraction of sp³-hybridized carbons (Fsp3) is 0. The van der Waals surface area contributed by atoms with Crippen molar-refractivity contribution < 1.29 is 108 Å². The Morgan fingerprint density at radius 3 is 0.321 bits per heavy atom. The molecule has 0 bridgehead atoms. The van der Waals surface area contributed by atoms with E-state index in [2.05, 4.69) is 0 Å². The Labute approximate surface area is 199 Å². The van der Waals surface area contributed by atoms with E-state index in [1.165, 1.54) is 0 Å². The molecule has 0 heterocycles. The van der Waals surface area contributed by atoms with E-state index in [1.54, 1.807) is 0 Å². The fourth-order valence-electron chi connectivity index (χ4n) is 0. The molecule has 0 unspecified atom stereocenters. The van der Waals surface area contributed by atoms with Crippen molar-refractivity contribution in [2.75, 3.05) is 0 Å². The van der Waals surface area contributed by atoms with Crippen LogP contribution in [-0.2, 0) is 67.4 Å². The molecule has 0 saturated carbocycles. The average Bonchev–Trinajstić information content (AvgIpc) is 2.45. The minimum atomic E-state index is 0. The maximum Gasteiger partial charge on any atom is 0.283 e. The summed E-state index contributed by atoms with van der Waals surface area (Å²) in [5, 5.41) is 110. The van der Waals surface area contributed by atoms with Crippen LogP contribution in [0.25, 0.3) is 0 Å². The van der Waals surface area contributed by atoms with Crippen LogP contribution < -0.4 is 0 Å². The van der Waals surface area contributed by atoms with E-state index in [0.29, 0.717) is 0 Å². The van der Waals surface area contributed by atoms with Gasteiger partial charge < -0.3 is 40.9 Å². The van der Waals surface area contributed by atoms with Gasteiger partial charge in [0.15, 0.2) is 0 Å². The maximum atomic E-state index is 6.88. The van der Waals surface area contributed by atoms with E-state index in [1.807, 2.05) is 0 Å². The van der Waals surface area contributed by atoms with Crippen LogP contribution in [0.4, 0.5) is 0 Å². The molecule has 8 N–H and O–H groups in total. The van der Waals surface area contributed by atoms with Gasteiger partial charge in [-0.2, -0.15) is 42.1 Å². The molecule has 0 aromatic carbocycles. The molecule has 0 aliphatic rings. The molecule has 16 nitrogen and oxygen atoms in total. The molecule has 0 saturated heterocycles. The van der Waals surface area contributed by atoms with Crippen molar-refractivity contribution in [3.05, 3.63) is 0 Å². The molecule has 28 heavy (non-hydrogen) atoms. The van der Waals surface area contributed by atoms with Gasteiger partial charge >= 0.3 is 0 Å². The maximum absolute atomic E-state index is 6.88. The third-order valence-corrected chi connectivity index (χ3v) is 0. The zero-order valence-electron chi connectivity index (χ0n) is 12.5. The van der Waals surface area contributed by atoms with Crippen molar-refractivity contribution in [1.29, 1.82) is 42.1 Å². The van der Waals surface area contributed by atoms with Crippen LogP contribution in [0, 0.1) is 92.1 Å². The minimum absolute atomic E-state index is 0. The smallest absolute Gasteiger partial charge is 0.283 e. The topological polar surface area (TPSA) is 352 Å². The Morgan fingerprint density at radius 1 is 0.321 bits per heavy atom. The van der Waals surface area contributed by atoms with Gasteiger partial charge in [0.2, 0.25) is 0 Å². The number of aliphatic hydroxyl groups is 8. The van der Waals surface area contributed by atoms with Gasteiger partial charge in [-0.1, -0.05) is 0 Å². The Morgan fingerprint density at radius 2 is 0.321 bits per heavy atom. The van der Waals surface area contributed by atoms with Gasteiger partial charge in [-0.3, -0.25) is 0 Å². The van der Waals surface area contributed by atoms with Crippen LogP contribution in [0.15, 0.2) is 0 Å². The quantitative estimate of drug-likeness (QED) is 0.123. The molecular weight excluding hydrogens is 565 g/mol. The van der Waals surface area contributed by atoms with Crippen LogP contribution in [0.1, 0.15) is 0 Å². The molecule has 20 heteroatoms. The summed E-state index contributed by atoms with van der Waals surface area (Å²) in [6.45, 7) is 0. The summed E-state index contributed by atoms with van der Waals surface area (Å²) in [4.78, 5) is 0. The molecule has 0 aromatic rings. The molecule has 163 valence electrons. The second-order valence-electron chi connectivity index (χ2n) is 0.800. The van der Waals surface area contributed by atoms with Crippen molar-refractivity contribution in [2.24, 2.45) is 0 Å². The predicted octanol–water partition coefficient (Wildman–Crippen LogP) is -1.29. The first-order valence-electron chi connectivity index (χ1n) is 3.58. The predicted molar refractivity (Wildman–Crippen MR) is 60.4 cm³/mol. The summed E-state index contributed by atoms with van der Waals surface area (Å²) in [6, 6.07) is 0. The van der Waals surface area contributed by atoms with Crippen LogP contribution in [0.2, 0.25) is 0 Å². The SMILES string of the molecule is N#CO.N#CO.N#CO.N#CO.N#CO.N#CO.N#CO.N#CO.[Co].[Fe].[Fe].[Ni]. The summed E-state index contributed by atoms with van der Waals surface area (Å²) >= 11 is 0.